The molecule has 1 atom stereocenters. The monoisotopic (exact) mass is 422 g/mol. The van der Waals surface area contributed by atoms with Crippen LogP contribution in [-0.4, -0.2) is 85.2 Å². The third-order valence-electron chi connectivity index (χ3n) is 6.07. The summed E-state index contributed by atoms with van der Waals surface area (Å²) < 4.78 is 11.1. The molecule has 29 heavy (non-hydrogen) atoms. The lowest BCUT2D eigenvalue weighted by atomic mass is 9.76. The molecule has 4 heterocycles. The maximum Gasteiger partial charge on any atom is 0.312 e. The minimum absolute atomic E-state index is 0.0357. The lowest BCUT2D eigenvalue weighted by molar-refractivity contribution is -0.151. The van der Waals surface area contributed by atoms with Crippen LogP contribution in [0.15, 0.2) is 18.3 Å². The summed E-state index contributed by atoms with van der Waals surface area (Å²) in [7, 11) is 0. The molecule has 3 fully saturated rings. The summed E-state index contributed by atoms with van der Waals surface area (Å²) >= 11 is 5.81. The van der Waals surface area contributed by atoms with Gasteiger partial charge in [-0.1, -0.05) is 11.6 Å². The zero-order valence-electron chi connectivity index (χ0n) is 16.4. The molecule has 0 aromatic carbocycles. The van der Waals surface area contributed by atoms with Crippen molar-refractivity contribution in [2.45, 2.75) is 25.4 Å². The molecule has 3 aliphatic rings. The molecule has 1 amide bonds. The lowest BCUT2D eigenvalue weighted by Crippen LogP contribution is -2.45. The van der Waals surface area contributed by atoms with E-state index in [4.69, 9.17) is 21.1 Å². The number of ether oxygens (including phenoxy) is 2. The van der Waals surface area contributed by atoms with E-state index in [9.17, 15) is 9.59 Å². The van der Waals surface area contributed by atoms with Gasteiger partial charge in [0.2, 0.25) is 5.91 Å². The molecule has 1 spiro atoms. The number of halogens is 1. The predicted octanol–water partition coefficient (Wildman–Crippen LogP) is 1.40. The molecule has 0 saturated carbocycles. The fourth-order valence-electron chi connectivity index (χ4n) is 4.39. The largest absolute Gasteiger partial charge is 0.461 e. The highest BCUT2D eigenvalue weighted by Gasteiger charge is 2.50. The Balaban J connectivity index is 1.24. The van der Waals surface area contributed by atoms with Crippen LogP contribution < -0.4 is 5.32 Å². The fraction of sp³-hybridized carbons (Fsp3) is 0.650. The van der Waals surface area contributed by atoms with Crippen molar-refractivity contribution in [2.75, 3.05) is 57.8 Å². The number of rotatable bonds is 5. The zero-order valence-corrected chi connectivity index (χ0v) is 17.2. The smallest absolute Gasteiger partial charge is 0.312 e. The number of carbonyl (C=O) groups is 2. The highest BCUT2D eigenvalue weighted by Crippen LogP contribution is 2.43. The number of hydrogen-bond donors (Lipinski definition) is 1. The SMILES string of the molecule is O=C(CN1CCC2(CC1)CC(CN1CCOCC1)OC2=O)Nc1ccc(Cl)cn1. The van der Waals surface area contributed by atoms with E-state index >= 15 is 0 Å². The molecule has 158 valence electrons. The number of hydrogen-bond acceptors (Lipinski definition) is 7. The molecule has 1 aromatic heterocycles. The van der Waals surface area contributed by atoms with Crippen LogP contribution >= 0.6 is 11.6 Å². The molecule has 3 saturated heterocycles. The fourth-order valence-corrected chi connectivity index (χ4v) is 4.51. The van der Waals surface area contributed by atoms with Gasteiger partial charge >= 0.3 is 5.97 Å². The highest BCUT2D eigenvalue weighted by molar-refractivity contribution is 6.30. The van der Waals surface area contributed by atoms with Crippen molar-refractivity contribution in [3.05, 3.63) is 23.4 Å². The maximum atomic E-state index is 12.6. The van der Waals surface area contributed by atoms with Crippen molar-refractivity contribution in [3.63, 3.8) is 0 Å². The van der Waals surface area contributed by atoms with E-state index in [0.717, 1.165) is 52.1 Å². The predicted molar refractivity (Wildman–Crippen MR) is 108 cm³/mol. The van der Waals surface area contributed by atoms with Gasteiger partial charge in [-0.25, -0.2) is 4.98 Å². The van der Waals surface area contributed by atoms with Gasteiger partial charge in [-0.3, -0.25) is 19.4 Å². The zero-order chi connectivity index (χ0) is 20.3. The van der Waals surface area contributed by atoms with Gasteiger partial charge < -0.3 is 14.8 Å². The van der Waals surface area contributed by atoms with E-state index in [-0.39, 0.29) is 29.9 Å². The second kappa shape index (κ2) is 8.95. The Bertz CT molecular complexity index is 731. The number of nitrogens with zero attached hydrogens (tertiary/aromatic N) is 3. The first-order chi connectivity index (χ1) is 14.0. The van der Waals surface area contributed by atoms with Crippen molar-refractivity contribution < 1.29 is 19.1 Å². The summed E-state index contributed by atoms with van der Waals surface area (Å²) in [5, 5.41) is 3.31. The number of aromatic nitrogens is 1. The molecule has 4 rings (SSSR count). The third-order valence-corrected chi connectivity index (χ3v) is 6.29. The van der Waals surface area contributed by atoms with Crippen molar-refractivity contribution in [1.29, 1.82) is 0 Å². The summed E-state index contributed by atoms with van der Waals surface area (Å²) in [6.45, 7) is 5.77. The Hall–Kier alpha value is -1.74. The van der Waals surface area contributed by atoms with Crippen LogP contribution in [-0.2, 0) is 19.1 Å². The summed E-state index contributed by atoms with van der Waals surface area (Å²) in [5.41, 5.74) is -0.387. The molecule has 0 radical (unpaired) electrons. The molecule has 3 aliphatic heterocycles. The lowest BCUT2D eigenvalue weighted by Gasteiger charge is -2.36. The number of amides is 1. The quantitative estimate of drug-likeness (QED) is 0.718. The van der Waals surface area contributed by atoms with Crippen molar-refractivity contribution >= 4 is 29.3 Å². The molecular formula is C20H27ClN4O4. The molecule has 1 N–H and O–H groups in total. The minimum Gasteiger partial charge on any atom is -0.461 e. The molecule has 8 nitrogen and oxygen atoms in total. The Morgan fingerprint density at radius 3 is 2.66 bits per heavy atom. The van der Waals surface area contributed by atoms with Crippen LogP contribution in [0.25, 0.3) is 0 Å². The first kappa shape index (κ1) is 20.5. The second-order valence-corrected chi connectivity index (χ2v) is 8.55. The van der Waals surface area contributed by atoms with Crippen molar-refractivity contribution in [3.8, 4) is 0 Å². The van der Waals surface area contributed by atoms with E-state index in [0.29, 0.717) is 23.9 Å². The number of esters is 1. The van der Waals surface area contributed by atoms with E-state index in [1.165, 1.54) is 6.20 Å². The van der Waals surface area contributed by atoms with Gasteiger partial charge in [0.25, 0.3) is 0 Å². The van der Waals surface area contributed by atoms with Crippen LogP contribution in [0, 0.1) is 5.41 Å². The van der Waals surface area contributed by atoms with E-state index in [1.54, 1.807) is 12.1 Å². The maximum absolute atomic E-state index is 12.6. The van der Waals surface area contributed by atoms with E-state index in [2.05, 4.69) is 20.1 Å². The van der Waals surface area contributed by atoms with E-state index < -0.39 is 0 Å². The van der Waals surface area contributed by atoms with E-state index in [1.807, 2.05) is 0 Å². The Labute approximate surface area is 175 Å². The number of morpholine rings is 1. The molecule has 1 unspecified atom stereocenters. The van der Waals surface area contributed by atoms with Gasteiger partial charge in [0.15, 0.2) is 0 Å². The second-order valence-electron chi connectivity index (χ2n) is 8.11. The summed E-state index contributed by atoms with van der Waals surface area (Å²) in [5.74, 6) is 0.304. The van der Waals surface area contributed by atoms with Crippen LogP contribution in [0.4, 0.5) is 5.82 Å². The summed E-state index contributed by atoms with van der Waals surface area (Å²) in [6, 6.07) is 3.36. The number of cyclic esters (lactones) is 1. The van der Waals surface area contributed by atoms with Gasteiger partial charge in [0, 0.05) is 32.3 Å². The van der Waals surface area contributed by atoms with Gasteiger partial charge in [0.1, 0.15) is 11.9 Å². The summed E-state index contributed by atoms with van der Waals surface area (Å²) in [6.07, 6.45) is 3.71. The number of piperidine rings is 1. The van der Waals surface area contributed by atoms with Gasteiger partial charge in [-0.05, 0) is 38.1 Å². The highest BCUT2D eigenvalue weighted by atomic mass is 35.5. The minimum atomic E-state index is -0.387. The normalized spacial score (nSPS) is 25.1. The standard InChI is InChI=1S/C20H27ClN4O4/c21-15-1-2-17(22-12-15)23-18(26)14-24-5-3-20(4-6-24)11-16(29-19(20)27)13-25-7-9-28-10-8-25/h1-2,12,16H,3-11,13-14H2,(H,22,23,26). The van der Waals surface area contributed by atoms with Crippen molar-refractivity contribution in [2.24, 2.45) is 5.41 Å². The Morgan fingerprint density at radius 1 is 1.21 bits per heavy atom. The molecule has 0 bridgehead atoms. The average Bonchev–Trinajstić information content (AvgIpc) is 3.01. The topological polar surface area (TPSA) is 84.0 Å². The molecular weight excluding hydrogens is 396 g/mol. The Morgan fingerprint density at radius 2 is 1.97 bits per heavy atom. The number of pyridine rings is 1. The number of likely N-dealkylation sites (tertiary alicyclic amines) is 1. The number of carbonyl (C=O) groups excluding carboxylic acids is 2. The Kier molecular flexibility index (Phi) is 6.34. The number of anilines is 1. The average molecular weight is 423 g/mol. The van der Waals surface area contributed by atoms with Crippen LogP contribution in [0.1, 0.15) is 19.3 Å². The third kappa shape index (κ3) is 5.06. The van der Waals surface area contributed by atoms with Gasteiger partial charge in [-0.2, -0.15) is 0 Å². The number of nitrogens with one attached hydrogen (secondary N) is 1. The summed E-state index contributed by atoms with van der Waals surface area (Å²) in [4.78, 5) is 33.4. The van der Waals surface area contributed by atoms with Gasteiger partial charge in [-0.15, -0.1) is 0 Å². The molecule has 0 aliphatic carbocycles. The van der Waals surface area contributed by atoms with Gasteiger partial charge in [0.05, 0.1) is 30.2 Å². The first-order valence-electron chi connectivity index (χ1n) is 10.2. The van der Waals surface area contributed by atoms with Crippen LogP contribution in [0.3, 0.4) is 0 Å². The first-order valence-corrected chi connectivity index (χ1v) is 10.6. The van der Waals surface area contributed by atoms with Crippen molar-refractivity contribution in [1.82, 2.24) is 14.8 Å². The molecule has 1 aromatic rings. The van der Waals surface area contributed by atoms with Crippen LogP contribution in [0.2, 0.25) is 5.02 Å². The van der Waals surface area contributed by atoms with Crippen LogP contribution in [0.5, 0.6) is 0 Å². The molecule has 9 heteroatoms.